The maximum absolute atomic E-state index is 13.7. The number of carbonyl (C=O) groups excluding carboxylic acids is 3. The van der Waals surface area contributed by atoms with Crippen molar-refractivity contribution in [2.45, 2.75) is 38.3 Å². The first kappa shape index (κ1) is 23.6. The van der Waals surface area contributed by atoms with Crippen molar-refractivity contribution in [2.24, 2.45) is 0 Å². The van der Waals surface area contributed by atoms with Gasteiger partial charge in [0.15, 0.2) is 0 Å². The van der Waals surface area contributed by atoms with Crippen molar-refractivity contribution >= 4 is 17.7 Å². The molecule has 36 heavy (non-hydrogen) atoms. The van der Waals surface area contributed by atoms with Crippen molar-refractivity contribution < 1.29 is 19.1 Å². The number of nitrogens with zero attached hydrogens (tertiary/aromatic N) is 2. The molecule has 1 fully saturated rings. The molecule has 5 rings (SSSR count). The van der Waals surface area contributed by atoms with Gasteiger partial charge in [0.25, 0.3) is 11.8 Å². The zero-order chi connectivity index (χ0) is 25.1. The Labute approximate surface area is 209 Å². The molecule has 0 spiro atoms. The largest absolute Gasteiger partial charge is 0.491 e. The maximum Gasteiger partial charge on any atom is 0.254 e. The first-order chi connectivity index (χ1) is 17.5. The number of aromatic amines is 1. The number of fused-ring (bicyclic) bond motifs is 4. The van der Waals surface area contributed by atoms with Crippen LogP contribution in [0.5, 0.6) is 5.75 Å². The van der Waals surface area contributed by atoms with Crippen LogP contribution in [0.2, 0.25) is 0 Å². The van der Waals surface area contributed by atoms with Crippen LogP contribution in [0.4, 0.5) is 0 Å². The molecule has 3 heterocycles. The summed E-state index contributed by atoms with van der Waals surface area (Å²) >= 11 is 0. The Bertz CT molecular complexity index is 1260. The van der Waals surface area contributed by atoms with Crippen molar-refractivity contribution in [3.8, 4) is 17.0 Å². The molecular formula is C27H29N5O4. The van der Waals surface area contributed by atoms with Gasteiger partial charge < -0.3 is 20.3 Å². The molecule has 0 saturated carbocycles. The lowest BCUT2D eigenvalue weighted by Gasteiger charge is -2.30. The second-order valence-electron chi connectivity index (χ2n) is 9.24. The van der Waals surface area contributed by atoms with E-state index < -0.39 is 0 Å². The Kier molecular flexibility index (Phi) is 6.71. The summed E-state index contributed by atoms with van der Waals surface area (Å²) in [7, 11) is 0. The summed E-state index contributed by atoms with van der Waals surface area (Å²) in [6, 6.07) is 14.1. The molecule has 186 valence electrons. The van der Waals surface area contributed by atoms with Crippen LogP contribution < -0.4 is 15.4 Å². The van der Waals surface area contributed by atoms with Gasteiger partial charge in [-0.3, -0.25) is 19.5 Å². The number of carbonyl (C=O) groups is 3. The summed E-state index contributed by atoms with van der Waals surface area (Å²) in [5.74, 6) is 0.124. The number of aryl methyl sites for hydroxylation is 1. The van der Waals surface area contributed by atoms with E-state index in [0.717, 1.165) is 16.8 Å². The maximum atomic E-state index is 13.7. The number of rotatable bonds is 2. The molecule has 1 saturated heterocycles. The van der Waals surface area contributed by atoms with Crippen LogP contribution in [0.3, 0.4) is 0 Å². The molecule has 4 bridgehead atoms. The lowest BCUT2D eigenvalue weighted by molar-refractivity contribution is -0.122. The lowest BCUT2D eigenvalue weighted by atomic mass is 10.1. The highest BCUT2D eigenvalue weighted by molar-refractivity contribution is 5.96. The molecule has 3 aromatic rings. The third-order valence-corrected chi connectivity index (χ3v) is 6.85. The highest BCUT2D eigenvalue weighted by atomic mass is 16.5. The van der Waals surface area contributed by atoms with E-state index in [1.807, 2.05) is 31.2 Å². The van der Waals surface area contributed by atoms with Crippen LogP contribution in [0, 0.1) is 6.92 Å². The minimum absolute atomic E-state index is 0.124. The van der Waals surface area contributed by atoms with E-state index in [0.29, 0.717) is 42.8 Å². The zero-order valence-corrected chi connectivity index (χ0v) is 20.1. The summed E-state index contributed by atoms with van der Waals surface area (Å²) in [5.41, 5.74) is 3.74. The van der Waals surface area contributed by atoms with Gasteiger partial charge >= 0.3 is 0 Å². The van der Waals surface area contributed by atoms with Crippen LogP contribution in [-0.2, 0) is 4.79 Å². The van der Waals surface area contributed by atoms with Gasteiger partial charge in [0, 0.05) is 42.4 Å². The number of benzene rings is 2. The van der Waals surface area contributed by atoms with E-state index in [1.165, 1.54) is 0 Å². The molecule has 2 aliphatic heterocycles. The number of hydrogen-bond donors (Lipinski definition) is 3. The molecule has 9 heteroatoms. The summed E-state index contributed by atoms with van der Waals surface area (Å²) in [5, 5.41) is 12.8. The summed E-state index contributed by atoms with van der Waals surface area (Å²) < 4.78 is 5.80. The standard InChI is InChI=1S/C27H29N5O4/c1-17-2-3-20-14-24(17)36-13-12-28-25(33)15-21-8-9-22(16-29-26(20)34)32(21)27(35)19-6-4-18(5-7-19)23-10-11-30-31-23/h2-7,10-11,14,21-22H,8-9,12-13,15-16H2,1H3,(H,28,33)(H,29,34)(H,30,31)/t21-,22+/m0/s1. The number of nitrogens with one attached hydrogen (secondary N) is 3. The third kappa shape index (κ3) is 4.95. The Hall–Kier alpha value is -4.14. The van der Waals surface area contributed by atoms with E-state index in [1.54, 1.807) is 35.4 Å². The smallest absolute Gasteiger partial charge is 0.254 e. The van der Waals surface area contributed by atoms with E-state index >= 15 is 0 Å². The fourth-order valence-electron chi connectivity index (χ4n) is 4.90. The zero-order valence-electron chi connectivity index (χ0n) is 20.1. The number of aromatic nitrogens is 2. The van der Waals surface area contributed by atoms with Gasteiger partial charge in [-0.15, -0.1) is 0 Å². The predicted molar refractivity (Wildman–Crippen MR) is 134 cm³/mol. The molecule has 0 radical (unpaired) electrons. The SMILES string of the molecule is Cc1ccc2cc1OCCNC(=O)C[C@@H]1CC[C@H](CNC2=O)N1C(=O)c1ccc(-c2ccn[nH]2)cc1. The number of H-pyrrole nitrogens is 1. The van der Waals surface area contributed by atoms with Gasteiger partial charge in [-0.1, -0.05) is 18.2 Å². The van der Waals surface area contributed by atoms with Crippen molar-refractivity contribution in [1.82, 2.24) is 25.7 Å². The van der Waals surface area contributed by atoms with Crippen LogP contribution in [-0.4, -0.2) is 64.6 Å². The molecule has 0 aliphatic carbocycles. The van der Waals surface area contributed by atoms with Crippen molar-refractivity contribution in [1.29, 1.82) is 0 Å². The highest BCUT2D eigenvalue weighted by Gasteiger charge is 2.38. The molecule has 2 aliphatic rings. The molecule has 9 nitrogen and oxygen atoms in total. The van der Waals surface area contributed by atoms with Crippen molar-refractivity contribution in [3.05, 3.63) is 71.4 Å². The quantitative estimate of drug-likeness (QED) is 0.514. The topological polar surface area (TPSA) is 116 Å². The lowest BCUT2D eigenvalue weighted by Crippen LogP contribution is -2.47. The minimum atomic E-state index is -0.249. The number of amides is 3. The fraction of sp³-hybridized carbons (Fsp3) is 0.333. The molecule has 0 unspecified atom stereocenters. The Balaban J connectivity index is 1.39. The number of hydrogen-bond acceptors (Lipinski definition) is 5. The van der Waals surface area contributed by atoms with Crippen LogP contribution in [0.15, 0.2) is 54.7 Å². The van der Waals surface area contributed by atoms with Gasteiger partial charge in [-0.05, 0) is 61.2 Å². The first-order valence-electron chi connectivity index (χ1n) is 12.2. The van der Waals surface area contributed by atoms with Gasteiger partial charge in [0.1, 0.15) is 12.4 Å². The second-order valence-corrected chi connectivity index (χ2v) is 9.24. The summed E-state index contributed by atoms with van der Waals surface area (Å²) in [6.07, 6.45) is 3.28. The monoisotopic (exact) mass is 487 g/mol. The molecular weight excluding hydrogens is 458 g/mol. The third-order valence-electron chi connectivity index (χ3n) is 6.85. The first-order valence-corrected chi connectivity index (χ1v) is 12.2. The van der Waals surface area contributed by atoms with Crippen LogP contribution in [0.25, 0.3) is 11.3 Å². The second kappa shape index (κ2) is 10.2. The van der Waals surface area contributed by atoms with E-state index in [2.05, 4.69) is 20.8 Å². The van der Waals surface area contributed by atoms with Crippen LogP contribution >= 0.6 is 0 Å². The predicted octanol–water partition coefficient (Wildman–Crippen LogP) is 2.69. The van der Waals surface area contributed by atoms with E-state index in [-0.39, 0.29) is 42.8 Å². The van der Waals surface area contributed by atoms with Crippen LogP contribution in [0.1, 0.15) is 45.5 Å². The molecule has 1 aromatic heterocycles. The minimum Gasteiger partial charge on any atom is -0.491 e. The fourth-order valence-corrected chi connectivity index (χ4v) is 4.90. The summed E-state index contributed by atoms with van der Waals surface area (Å²) in [4.78, 5) is 41.0. The molecule has 2 atom stereocenters. The van der Waals surface area contributed by atoms with Gasteiger partial charge in [-0.25, -0.2) is 0 Å². The average Bonchev–Trinajstić information content (AvgIpc) is 3.56. The average molecular weight is 488 g/mol. The molecule has 2 aromatic carbocycles. The van der Waals surface area contributed by atoms with Gasteiger partial charge in [-0.2, -0.15) is 5.10 Å². The number of ether oxygens (including phenoxy) is 1. The highest BCUT2D eigenvalue weighted by Crippen LogP contribution is 2.29. The van der Waals surface area contributed by atoms with E-state index in [9.17, 15) is 14.4 Å². The molecule has 3 N–H and O–H groups in total. The van der Waals surface area contributed by atoms with Crippen molar-refractivity contribution in [3.63, 3.8) is 0 Å². The summed E-state index contributed by atoms with van der Waals surface area (Å²) in [6.45, 7) is 2.84. The van der Waals surface area contributed by atoms with Gasteiger partial charge in [0.2, 0.25) is 5.91 Å². The normalized spacial score (nSPS) is 20.5. The van der Waals surface area contributed by atoms with E-state index in [4.69, 9.17) is 4.74 Å². The Morgan fingerprint density at radius 3 is 2.56 bits per heavy atom. The molecule has 3 amide bonds. The Morgan fingerprint density at radius 1 is 1.00 bits per heavy atom. The van der Waals surface area contributed by atoms with Crippen molar-refractivity contribution in [2.75, 3.05) is 19.7 Å². The Morgan fingerprint density at radius 2 is 1.78 bits per heavy atom. The van der Waals surface area contributed by atoms with Gasteiger partial charge in [0.05, 0.1) is 12.2 Å².